The fourth-order valence-electron chi connectivity index (χ4n) is 4.90. The summed E-state index contributed by atoms with van der Waals surface area (Å²) in [5.74, 6) is 2.39. The lowest BCUT2D eigenvalue weighted by molar-refractivity contribution is 0.0779. The fraction of sp³-hybridized carbons (Fsp3) is 0.737. The van der Waals surface area contributed by atoms with Crippen molar-refractivity contribution in [1.82, 2.24) is 19.8 Å². The van der Waals surface area contributed by atoms with E-state index >= 15 is 0 Å². The van der Waals surface area contributed by atoms with Crippen LogP contribution in [0.1, 0.15) is 48.9 Å². The average Bonchev–Trinajstić information content (AvgIpc) is 3.23. The van der Waals surface area contributed by atoms with Crippen molar-refractivity contribution >= 4 is 5.91 Å². The van der Waals surface area contributed by atoms with Crippen LogP contribution >= 0.6 is 0 Å². The van der Waals surface area contributed by atoms with E-state index in [4.69, 9.17) is 0 Å². The third kappa shape index (κ3) is 3.46. The van der Waals surface area contributed by atoms with Gasteiger partial charge in [-0.05, 0) is 56.5 Å². The highest BCUT2D eigenvalue weighted by atomic mass is 16.2. The Balaban J connectivity index is 1.32. The third-order valence-electron chi connectivity index (χ3n) is 6.29. The quantitative estimate of drug-likeness (QED) is 0.855. The van der Waals surface area contributed by atoms with Crippen LogP contribution in [0.2, 0.25) is 0 Å². The molecule has 3 heterocycles. The summed E-state index contributed by atoms with van der Waals surface area (Å²) in [6.45, 7) is 5.57. The minimum Gasteiger partial charge on any atom is -0.338 e. The summed E-state index contributed by atoms with van der Waals surface area (Å²) >= 11 is 0. The van der Waals surface area contributed by atoms with Gasteiger partial charge in [-0.15, -0.1) is 0 Å². The molecule has 0 aromatic carbocycles. The molecule has 2 aliphatic heterocycles. The number of hydrogen-bond donors (Lipinski definition) is 0. The van der Waals surface area contributed by atoms with Gasteiger partial charge < -0.3 is 9.80 Å². The second-order valence-corrected chi connectivity index (χ2v) is 7.89. The second-order valence-electron chi connectivity index (χ2n) is 7.89. The Kier molecular flexibility index (Phi) is 4.79. The highest BCUT2D eigenvalue weighted by molar-refractivity contribution is 5.93. The standard InChI is InChI=1S/C19H28N4O/c24-19(18-9-20-14-21-10-18)23-12-16-5-7-22(8-6-17(16)13-23)11-15-3-1-2-4-15/h9-10,14-17H,1-8,11-13H2/t16-,17+. The third-order valence-corrected chi connectivity index (χ3v) is 6.29. The van der Waals surface area contributed by atoms with Gasteiger partial charge in [-0.25, -0.2) is 9.97 Å². The van der Waals surface area contributed by atoms with Crippen LogP contribution < -0.4 is 0 Å². The van der Waals surface area contributed by atoms with Crippen LogP contribution in [0.15, 0.2) is 18.7 Å². The lowest BCUT2D eigenvalue weighted by Gasteiger charge is -2.24. The van der Waals surface area contributed by atoms with E-state index in [0.29, 0.717) is 17.4 Å². The molecule has 0 bridgehead atoms. The van der Waals surface area contributed by atoms with E-state index in [1.165, 1.54) is 64.5 Å². The van der Waals surface area contributed by atoms with Gasteiger partial charge >= 0.3 is 0 Å². The van der Waals surface area contributed by atoms with Crippen LogP contribution in [0.25, 0.3) is 0 Å². The van der Waals surface area contributed by atoms with E-state index in [2.05, 4.69) is 14.9 Å². The summed E-state index contributed by atoms with van der Waals surface area (Å²) in [5.41, 5.74) is 0.622. The van der Waals surface area contributed by atoms with Crippen molar-refractivity contribution in [3.05, 3.63) is 24.3 Å². The van der Waals surface area contributed by atoms with Gasteiger partial charge in [-0.1, -0.05) is 12.8 Å². The zero-order valence-corrected chi connectivity index (χ0v) is 14.4. The van der Waals surface area contributed by atoms with Crippen molar-refractivity contribution in [3.8, 4) is 0 Å². The van der Waals surface area contributed by atoms with Crippen molar-refractivity contribution in [2.24, 2.45) is 17.8 Å². The first-order valence-electron chi connectivity index (χ1n) is 9.56. The fourth-order valence-corrected chi connectivity index (χ4v) is 4.90. The molecule has 1 aromatic heterocycles. The SMILES string of the molecule is O=C(c1cncnc1)N1C[C@H]2CCN(CC3CCCC3)CC[C@H]2C1. The Hall–Kier alpha value is -1.49. The number of hydrogen-bond acceptors (Lipinski definition) is 4. The van der Waals surface area contributed by atoms with E-state index in [1.54, 1.807) is 12.4 Å². The maximum atomic E-state index is 12.6. The minimum absolute atomic E-state index is 0.103. The first-order valence-corrected chi connectivity index (χ1v) is 9.56. The molecule has 0 unspecified atom stereocenters. The van der Waals surface area contributed by atoms with Gasteiger partial charge in [0.1, 0.15) is 6.33 Å². The Morgan fingerprint density at radius 3 is 2.25 bits per heavy atom. The van der Waals surface area contributed by atoms with Gasteiger partial charge in [-0.2, -0.15) is 0 Å². The highest BCUT2D eigenvalue weighted by Crippen LogP contribution is 2.33. The topological polar surface area (TPSA) is 49.3 Å². The molecule has 0 N–H and O–H groups in total. The summed E-state index contributed by atoms with van der Waals surface area (Å²) in [5, 5.41) is 0. The Bertz CT molecular complexity index is 542. The van der Waals surface area contributed by atoms with Crippen molar-refractivity contribution in [2.75, 3.05) is 32.7 Å². The first-order chi connectivity index (χ1) is 11.8. The minimum atomic E-state index is 0.103. The summed E-state index contributed by atoms with van der Waals surface area (Å²) in [6, 6.07) is 0. The van der Waals surface area contributed by atoms with Crippen LogP contribution in [0.4, 0.5) is 0 Å². The molecular weight excluding hydrogens is 300 g/mol. The lowest BCUT2D eigenvalue weighted by atomic mass is 9.92. The van der Waals surface area contributed by atoms with Crippen molar-refractivity contribution in [1.29, 1.82) is 0 Å². The number of rotatable bonds is 3. The second kappa shape index (κ2) is 7.18. The molecule has 1 amide bonds. The zero-order valence-electron chi connectivity index (χ0n) is 14.4. The van der Waals surface area contributed by atoms with E-state index < -0.39 is 0 Å². The molecule has 0 radical (unpaired) electrons. The molecular formula is C19H28N4O. The molecule has 1 aromatic rings. The van der Waals surface area contributed by atoms with Gasteiger partial charge in [0.25, 0.3) is 5.91 Å². The normalized spacial score (nSPS) is 28.8. The molecule has 0 spiro atoms. The maximum absolute atomic E-state index is 12.6. The number of amides is 1. The summed E-state index contributed by atoms with van der Waals surface area (Å²) < 4.78 is 0. The van der Waals surface area contributed by atoms with E-state index in [1.807, 2.05) is 4.90 Å². The largest absolute Gasteiger partial charge is 0.338 e. The lowest BCUT2D eigenvalue weighted by Crippen LogP contribution is -2.32. The van der Waals surface area contributed by atoms with Gasteiger partial charge in [0, 0.05) is 32.0 Å². The molecule has 5 nitrogen and oxygen atoms in total. The monoisotopic (exact) mass is 328 g/mol. The molecule has 2 saturated heterocycles. The number of aromatic nitrogens is 2. The van der Waals surface area contributed by atoms with Crippen molar-refractivity contribution in [2.45, 2.75) is 38.5 Å². The average molecular weight is 328 g/mol. The van der Waals surface area contributed by atoms with E-state index in [-0.39, 0.29) is 5.91 Å². The van der Waals surface area contributed by atoms with Gasteiger partial charge in [0.05, 0.1) is 5.56 Å². The maximum Gasteiger partial charge on any atom is 0.257 e. The molecule has 130 valence electrons. The number of nitrogens with zero attached hydrogens (tertiary/aromatic N) is 4. The number of fused-ring (bicyclic) bond motifs is 1. The van der Waals surface area contributed by atoms with Gasteiger partial charge in [-0.3, -0.25) is 4.79 Å². The smallest absolute Gasteiger partial charge is 0.257 e. The number of carbonyl (C=O) groups is 1. The molecule has 1 aliphatic carbocycles. The number of likely N-dealkylation sites (tertiary alicyclic amines) is 2. The number of carbonyl (C=O) groups excluding carboxylic acids is 1. The molecule has 3 aliphatic rings. The zero-order chi connectivity index (χ0) is 16.4. The van der Waals surface area contributed by atoms with Crippen LogP contribution in [0, 0.1) is 17.8 Å². The van der Waals surface area contributed by atoms with Crippen LogP contribution in [0.5, 0.6) is 0 Å². The Labute approximate surface area is 144 Å². The summed E-state index contributed by atoms with van der Waals surface area (Å²) in [6.07, 6.45) is 13.0. The molecule has 3 fully saturated rings. The Morgan fingerprint density at radius 1 is 1.00 bits per heavy atom. The first kappa shape index (κ1) is 16.0. The van der Waals surface area contributed by atoms with Crippen LogP contribution in [-0.4, -0.2) is 58.4 Å². The van der Waals surface area contributed by atoms with Crippen LogP contribution in [0.3, 0.4) is 0 Å². The molecule has 5 heteroatoms. The van der Waals surface area contributed by atoms with E-state index in [9.17, 15) is 4.79 Å². The summed E-state index contributed by atoms with van der Waals surface area (Å²) in [7, 11) is 0. The molecule has 2 atom stereocenters. The van der Waals surface area contributed by atoms with Crippen LogP contribution in [-0.2, 0) is 0 Å². The van der Waals surface area contributed by atoms with E-state index in [0.717, 1.165) is 19.0 Å². The van der Waals surface area contributed by atoms with Gasteiger partial charge in [0.15, 0.2) is 0 Å². The molecule has 4 rings (SSSR count). The molecule has 1 saturated carbocycles. The Morgan fingerprint density at radius 2 is 1.62 bits per heavy atom. The predicted octanol–water partition coefficient (Wildman–Crippen LogP) is 2.45. The van der Waals surface area contributed by atoms with Crippen molar-refractivity contribution < 1.29 is 4.79 Å². The summed E-state index contributed by atoms with van der Waals surface area (Å²) in [4.78, 5) is 25.3. The molecule has 24 heavy (non-hydrogen) atoms. The van der Waals surface area contributed by atoms with Gasteiger partial charge in [0.2, 0.25) is 0 Å². The predicted molar refractivity (Wildman–Crippen MR) is 92.5 cm³/mol. The van der Waals surface area contributed by atoms with Crippen molar-refractivity contribution in [3.63, 3.8) is 0 Å². The highest BCUT2D eigenvalue weighted by Gasteiger charge is 2.37.